The van der Waals surface area contributed by atoms with Crippen LogP contribution in [0.2, 0.25) is 0 Å². The molecule has 0 bridgehead atoms. The van der Waals surface area contributed by atoms with E-state index in [4.69, 9.17) is 10.6 Å². The van der Waals surface area contributed by atoms with Crippen LogP contribution in [0.15, 0.2) is 23.4 Å². The third-order valence-corrected chi connectivity index (χ3v) is 2.75. The quantitative estimate of drug-likeness (QED) is 0.594. The zero-order valence-corrected chi connectivity index (χ0v) is 9.16. The summed E-state index contributed by atoms with van der Waals surface area (Å²) in [4.78, 5) is 5.11. The number of nitrogen functional groups attached to an aromatic ring is 1. The number of fused-ring (bicyclic) bond motifs is 1. The fourth-order valence-corrected chi connectivity index (χ4v) is 2.12. The first-order valence-electron chi connectivity index (χ1n) is 5.31. The Bertz CT molecular complexity index is 399. The Balaban J connectivity index is 2.42. The van der Waals surface area contributed by atoms with Gasteiger partial charge in [-0.05, 0) is 24.5 Å². The lowest BCUT2D eigenvalue weighted by Crippen LogP contribution is -1.97. The largest absolute Gasteiger partial charge is 0.398 e. The van der Waals surface area contributed by atoms with E-state index in [2.05, 4.69) is 18.1 Å². The van der Waals surface area contributed by atoms with Crippen LogP contribution < -0.4 is 5.73 Å². The van der Waals surface area contributed by atoms with Gasteiger partial charge in [0.25, 0.3) is 0 Å². The zero-order chi connectivity index (χ0) is 10.8. The van der Waals surface area contributed by atoms with Gasteiger partial charge in [0.2, 0.25) is 0 Å². The van der Waals surface area contributed by atoms with Crippen molar-refractivity contribution in [2.24, 2.45) is 5.16 Å². The number of hydrogen-bond acceptors (Lipinski definition) is 3. The molecule has 0 aliphatic heterocycles. The average molecular weight is 204 g/mol. The lowest BCUT2D eigenvalue weighted by molar-refractivity contribution is 0.158. The molecule has 1 aliphatic rings. The van der Waals surface area contributed by atoms with E-state index in [9.17, 15) is 0 Å². The number of hydrogen-bond donors (Lipinski definition) is 1. The number of rotatable bonds is 2. The van der Waals surface area contributed by atoms with E-state index >= 15 is 0 Å². The SMILES string of the molecule is CCO/N=C1/C[C@H](C)c2c(N)cccc21. The molecule has 0 unspecified atom stereocenters. The molecule has 0 spiro atoms. The average Bonchev–Trinajstić information content (AvgIpc) is 2.54. The highest BCUT2D eigenvalue weighted by atomic mass is 16.6. The predicted molar refractivity (Wildman–Crippen MR) is 62.0 cm³/mol. The molecular formula is C12H16N2O. The van der Waals surface area contributed by atoms with Crippen LogP contribution in [0.5, 0.6) is 0 Å². The monoisotopic (exact) mass is 204 g/mol. The summed E-state index contributed by atoms with van der Waals surface area (Å²) in [5.74, 6) is 0.445. The molecule has 2 N–H and O–H groups in total. The Morgan fingerprint density at radius 3 is 3.07 bits per heavy atom. The highest BCUT2D eigenvalue weighted by Crippen LogP contribution is 2.36. The van der Waals surface area contributed by atoms with E-state index in [0.717, 1.165) is 23.4 Å². The van der Waals surface area contributed by atoms with Crippen molar-refractivity contribution in [3.63, 3.8) is 0 Å². The lowest BCUT2D eigenvalue weighted by Gasteiger charge is -2.06. The van der Waals surface area contributed by atoms with E-state index in [-0.39, 0.29) is 0 Å². The maximum atomic E-state index is 5.96. The summed E-state index contributed by atoms with van der Waals surface area (Å²) in [6.07, 6.45) is 0.920. The van der Waals surface area contributed by atoms with Gasteiger partial charge in [-0.1, -0.05) is 24.2 Å². The predicted octanol–water partition coefficient (Wildman–Crippen LogP) is 2.52. The minimum atomic E-state index is 0.445. The summed E-state index contributed by atoms with van der Waals surface area (Å²) in [5.41, 5.74) is 10.2. The third kappa shape index (κ3) is 1.69. The van der Waals surface area contributed by atoms with Gasteiger partial charge in [-0.2, -0.15) is 0 Å². The van der Waals surface area contributed by atoms with E-state index in [1.807, 2.05) is 19.1 Å². The van der Waals surface area contributed by atoms with Crippen LogP contribution in [0.4, 0.5) is 5.69 Å². The Labute approximate surface area is 89.9 Å². The lowest BCUT2D eigenvalue weighted by atomic mass is 10.0. The molecule has 1 aromatic carbocycles. The van der Waals surface area contributed by atoms with Gasteiger partial charge in [0.1, 0.15) is 6.61 Å². The topological polar surface area (TPSA) is 47.6 Å². The number of benzene rings is 1. The van der Waals surface area contributed by atoms with Gasteiger partial charge in [-0.25, -0.2) is 0 Å². The Morgan fingerprint density at radius 1 is 1.53 bits per heavy atom. The number of oxime groups is 1. The molecule has 0 radical (unpaired) electrons. The first-order valence-corrected chi connectivity index (χ1v) is 5.31. The zero-order valence-electron chi connectivity index (χ0n) is 9.16. The van der Waals surface area contributed by atoms with Gasteiger partial charge >= 0.3 is 0 Å². The summed E-state index contributed by atoms with van der Waals surface area (Å²) in [6, 6.07) is 5.97. The van der Waals surface area contributed by atoms with E-state index < -0.39 is 0 Å². The molecule has 3 heteroatoms. The Morgan fingerprint density at radius 2 is 2.33 bits per heavy atom. The molecule has 0 aromatic heterocycles. The van der Waals surface area contributed by atoms with Crippen LogP contribution in [-0.2, 0) is 4.84 Å². The van der Waals surface area contributed by atoms with Crippen LogP contribution in [0.1, 0.15) is 37.3 Å². The molecule has 2 rings (SSSR count). The molecule has 0 amide bonds. The van der Waals surface area contributed by atoms with Crippen molar-refractivity contribution in [3.05, 3.63) is 29.3 Å². The van der Waals surface area contributed by atoms with Crippen molar-refractivity contribution in [1.29, 1.82) is 0 Å². The molecule has 80 valence electrons. The van der Waals surface area contributed by atoms with Gasteiger partial charge < -0.3 is 10.6 Å². The van der Waals surface area contributed by atoms with Crippen molar-refractivity contribution < 1.29 is 4.84 Å². The van der Waals surface area contributed by atoms with E-state index in [0.29, 0.717) is 12.5 Å². The highest BCUT2D eigenvalue weighted by Gasteiger charge is 2.26. The van der Waals surface area contributed by atoms with E-state index in [1.165, 1.54) is 5.56 Å². The Kier molecular flexibility index (Phi) is 2.62. The summed E-state index contributed by atoms with van der Waals surface area (Å²) in [5, 5.41) is 4.14. The van der Waals surface area contributed by atoms with Crippen molar-refractivity contribution in [2.45, 2.75) is 26.2 Å². The normalized spacial score (nSPS) is 21.7. The fraction of sp³-hybridized carbons (Fsp3) is 0.417. The minimum absolute atomic E-state index is 0.445. The fourth-order valence-electron chi connectivity index (χ4n) is 2.12. The highest BCUT2D eigenvalue weighted by molar-refractivity contribution is 6.06. The molecule has 15 heavy (non-hydrogen) atoms. The first kappa shape index (κ1) is 10.0. The molecule has 1 aliphatic carbocycles. The maximum absolute atomic E-state index is 5.96. The molecule has 1 atom stereocenters. The molecule has 3 nitrogen and oxygen atoms in total. The van der Waals surface area contributed by atoms with E-state index in [1.54, 1.807) is 0 Å². The van der Waals surface area contributed by atoms with Gasteiger partial charge in [-0.15, -0.1) is 0 Å². The van der Waals surface area contributed by atoms with Crippen LogP contribution in [0, 0.1) is 0 Å². The first-order chi connectivity index (χ1) is 7.24. The Hall–Kier alpha value is -1.51. The molecule has 0 heterocycles. The number of nitrogens with zero attached hydrogens (tertiary/aromatic N) is 1. The molecule has 1 aromatic rings. The summed E-state index contributed by atoms with van der Waals surface area (Å²) in [7, 11) is 0. The molecule has 0 saturated carbocycles. The van der Waals surface area contributed by atoms with Crippen molar-refractivity contribution in [3.8, 4) is 0 Å². The summed E-state index contributed by atoms with van der Waals surface area (Å²) >= 11 is 0. The van der Waals surface area contributed by atoms with Crippen molar-refractivity contribution in [2.75, 3.05) is 12.3 Å². The second kappa shape index (κ2) is 3.93. The van der Waals surface area contributed by atoms with Crippen molar-refractivity contribution in [1.82, 2.24) is 0 Å². The third-order valence-electron chi connectivity index (χ3n) is 2.75. The standard InChI is InChI=1S/C12H16N2O/c1-3-15-14-11-7-8(2)12-9(11)5-4-6-10(12)13/h4-6,8H,3,7,13H2,1-2H3/b14-11-/t8-/m0/s1. The second-order valence-electron chi connectivity index (χ2n) is 3.87. The molecular weight excluding hydrogens is 188 g/mol. The summed E-state index contributed by atoms with van der Waals surface area (Å²) in [6.45, 7) is 4.71. The van der Waals surface area contributed by atoms with Crippen LogP contribution in [0.3, 0.4) is 0 Å². The summed E-state index contributed by atoms with van der Waals surface area (Å²) < 4.78 is 0. The number of anilines is 1. The minimum Gasteiger partial charge on any atom is -0.398 e. The van der Waals surface area contributed by atoms with Gasteiger partial charge in [-0.3, -0.25) is 0 Å². The van der Waals surface area contributed by atoms with Crippen molar-refractivity contribution >= 4 is 11.4 Å². The van der Waals surface area contributed by atoms with Gasteiger partial charge in [0, 0.05) is 17.7 Å². The van der Waals surface area contributed by atoms with Gasteiger partial charge in [0.05, 0.1) is 5.71 Å². The molecule has 0 saturated heterocycles. The van der Waals surface area contributed by atoms with Crippen LogP contribution in [-0.4, -0.2) is 12.3 Å². The maximum Gasteiger partial charge on any atom is 0.114 e. The number of nitrogens with two attached hydrogens (primary N) is 1. The van der Waals surface area contributed by atoms with Gasteiger partial charge in [0.15, 0.2) is 0 Å². The smallest absolute Gasteiger partial charge is 0.114 e. The second-order valence-corrected chi connectivity index (χ2v) is 3.87. The van der Waals surface area contributed by atoms with Crippen LogP contribution in [0.25, 0.3) is 0 Å². The van der Waals surface area contributed by atoms with Crippen LogP contribution >= 0.6 is 0 Å². The molecule has 0 fully saturated rings.